The quantitative estimate of drug-likeness (QED) is 0.779. The van der Waals surface area contributed by atoms with E-state index in [0.29, 0.717) is 18.7 Å². The Labute approximate surface area is 99.0 Å². The van der Waals surface area contributed by atoms with Crippen LogP contribution in [0.25, 0.3) is 0 Å². The second-order valence-electron chi connectivity index (χ2n) is 3.90. The summed E-state index contributed by atoms with van der Waals surface area (Å²) in [5.41, 5.74) is 0.215. The van der Waals surface area contributed by atoms with Crippen LogP contribution in [0.5, 0.6) is 0 Å². The standard InChI is InChI=1S/C11H16N2O4/c1-3-8(5-10(14)15)6-12-11(16)9-4-7(2)17-13-9/h4,8H,3,5-6H2,1-2H3,(H,12,16)(H,14,15). The zero-order valence-electron chi connectivity index (χ0n) is 9.90. The molecule has 1 rings (SSSR count). The number of hydrogen-bond acceptors (Lipinski definition) is 4. The first kappa shape index (κ1) is 13.2. The van der Waals surface area contributed by atoms with E-state index < -0.39 is 5.97 Å². The minimum atomic E-state index is -0.858. The summed E-state index contributed by atoms with van der Waals surface area (Å²) in [4.78, 5) is 22.1. The highest BCUT2D eigenvalue weighted by atomic mass is 16.5. The lowest BCUT2D eigenvalue weighted by molar-refractivity contribution is -0.138. The Balaban J connectivity index is 2.44. The molecule has 6 heteroatoms. The predicted octanol–water partition coefficient (Wildman–Crippen LogP) is 1.21. The number of aryl methyl sites for hydroxylation is 1. The van der Waals surface area contributed by atoms with Crippen LogP contribution in [0.2, 0.25) is 0 Å². The number of aromatic nitrogens is 1. The molecule has 2 N–H and O–H groups in total. The Hall–Kier alpha value is -1.85. The number of hydrogen-bond donors (Lipinski definition) is 2. The number of rotatable bonds is 6. The van der Waals surface area contributed by atoms with Crippen LogP contribution in [0, 0.1) is 12.8 Å². The molecule has 1 heterocycles. The fraction of sp³-hybridized carbons (Fsp3) is 0.545. The van der Waals surface area contributed by atoms with E-state index >= 15 is 0 Å². The van der Waals surface area contributed by atoms with Gasteiger partial charge in [0.2, 0.25) is 0 Å². The smallest absolute Gasteiger partial charge is 0.303 e. The third-order valence-electron chi connectivity index (χ3n) is 2.45. The van der Waals surface area contributed by atoms with E-state index in [1.165, 1.54) is 6.07 Å². The number of carboxylic acids is 1. The lowest BCUT2D eigenvalue weighted by Crippen LogP contribution is -2.30. The zero-order chi connectivity index (χ0) is 12.8. The second-order valence-corrected chi connectivity index (χ2v) is 3.90. The highest BCUT2D eigenvalue weighted by molar-refractivity contribution is 5.92. The van der Waals surface area contributed by atoms with E-state index in [1.807, 2.05) is 6.92 Å². The summed E-state index contributed by atoms with van der Waals surface area (Å²) < 4.78 is 4.78. The van der Waals surface area contributed by atoms with Crippen molar-refractivity contribution >= 4 is 11.9 Å². The van der Waals surface area contributed by atoms with E-state index in [-0.39, 0.29) is 23.9 Å². The Morgan fingerprint density at radius 2 is 2.29 bits per heavy atom. The molecule has 1 aromatic heterocycles. The van der Waals surface area contributed by atoms with Crippen LogP contribution in [-0.4, -0.2) is 28.7 Å². The Bertz CT molecular complexity index is 400. The zero-order valence-corrected chi connectivity index (χ0v) is 9.90. The molecule has 6 nitrogen and oxygen atoms in total. The van der Waals surface area contributed by atoms with Crippen molar-refractivity contribution in [2.24, 2.45) is 5.92 Å². The number of carbonyl (C=O) groups excluding carboxylic acids is 1. The summed E-state index contributed by atoms with van der Waals surface area (Å²) in [5, 5.41) is 14.9. The largest absolute Gasteiger partial charge is 0.481 e. The Morgan fingerprint density at radius 1 is 1.59 bits per heavy atom. The fourth-order valence-electron chi connectivity index (χ4n) is 1.41. The van der Waals surface area contributed by atoms with Gasteiger partial charge in [0.1, 0.15) is 5.76 Å². The topological polar surface area (TPSA) is 92.4 Å². The SMILES string of the molecule is CCC(CNC(=O)c1cc(C)on1)CC(=O)O. The van der Waals surface area contributed by atoms with Gasteiger partial charge in [0.25, 0.3) is 5.91 Å². The van der Waals surface area contributed by atoms with E-state index in [1.54, 1.807) is 6.92 Å². The second kappa shape index (κ2) is 6.03. The number of carbonyl (C=O) groups is 2. The van der Waals surface area contributed by atoms with Crippen LogP contribution in [-0.2, 0) is 4.79 Å². The van der Waals surface area contributed by atoms with Crippen LogP contribution >= 0.6 is 0 Å². The molecule has 17 heavy (non-hydrogen) atoms. The van der Waals surface area contributed by atoms with Crippen LogP contribution in [0.4, 0.5) is 0 Å². The maximum Gasteiger partial charge on any atom is 0.303 e. The summed E-state index contributed by atoms with van der Waals surface area (Å²) in [6, 6.07) is 1.54. The molecular formula is C11H16N2O4. The Kier molecular flexibility index (Phi) is 4.68. The highest BCUT2D eigenvalue weighted by Crippen LogP contribution is 2.07. The molecule has 0 saturated carbocycles. The average Bonchev–Trinajstić information content (AvgIpc) is 2.70. The van der Waals surface area contributed by atoms with E-state index in [0.717, 1.165) is 0 Å². The molecular weight excluding hydrogens is 224 g/mol. The summed E-state index contributed by atoms with van der Waals surface area (Å²) in [6.45, 7) is 3.91. The first-order valence-electron chi connectivity index (χ1n) is 5.46. The molecule has 94 valence electrons. The molecule has 0 aliphatic carbocycles. The molecule has 0 aliphatic heterocycles. The first-order chi connectivity index (χ1) is 8.02. The molecule has 1 amide bonds. The lowest BCUT2D eigenvalue weighted by Gasteiger charge is -2.12. The van der Waals surface area contributed by atoms with E-state index in [9.17, 15) is 9.59 Å². The molecule has 0 aromatic carbocycles. The monoisotopic (exact) mass is 240 g/mol. The van der Waals surface area contributed by atoms with Gasteiger partial charge in [0.05, 0.1) is 0 Å². The summed E-state index contributed by atoms with van der Waals surface area (Å²) in [5.74, 6) is -0.703. The van der Waals surface area contributed by atoms with Gasteiger partial charge >= 0.3 is 5.97 Å². The third kappa shape index (κ3) is 4.26. The summed E-state index contributed by atoms with van der Waals surface area (Å²) in [6.07, 6.45) is 0.749. The van der Waals surface area contributed by atoms with Crippen molar-refractivity contribution < 1.29 is 19.2 Å². The first-order valence-corrected chi connectivity index (χ1v) is 5.46. The number of carboxylic acid groups (broad SMARTS) is 1. The molecule has 0 radical (unpaired) electrons. The van der Waals surface area contributed by atoms with Gasteiger partial charge < -0.3 is 14.9 Å². The number of nitrogens with zero attached hydrogens (tertiary/aromatic N) is 1. The van der Waals surface area contributed by atoms with Gasteiger partial charge in [-0.1, -0.05) is 18.5 Å². The van der Waals surface area contributed by atoms with Crippen molar-refractivity contribution in [1.29, 1.82) is 0 Å². The van der Waals surface area contributed by atoms with Crippen molar-refractivity contribution in [3.63, 3.8) is 0 Å². The molecule has 0 bridgehead atoms. The Morgan fingerprint density at radius 3 is 2.76 bits per heavy atom. The van der Waals surface area contributed by atoms with Gasteiger partial charge in [-0.15, -0.1) is 0 Å². The van der Waals surface area contributed by atoms with Crippen molar-refractivity contribution in [1.82, 2.24) is 10.5 Å². The van der Waals surface area contributed by atoms with Gasteiger partial charge in [-0.2, -0.15) is 0 Å². The molecule has 1 unspecified atom stereocenters. The summed E-state index contributed by atoms with van der Waals surface area (Å²) in [7, 11) is 0. The third-order valence-corrected chi connectivity index (χ3v) is 2.45. The van der Waals surface area contributed by atoms with Gasteiger partial charge in [0.15, 0.2) is 5.69 Å². The molecule has 0 spiro atoms. The van der Waals surface area contributed by atoms with Crippen molar-refractivity contribution in [2.75, 3.05) is 6.54 Å². The van der Waals surface area contributed by atoms with Crippen molar-refractivity contribution in [3.05, 3.63) is 17.5 Å². The minimum absolute atomic E-state index is 0.0502. The molecule has 0 aliphatic rings. The van der Waals surface area contributed by atoms with Crippen LogP contribution in [0.15, 0.2) is 10.6 Å². The fourth-order valence-corrected chi connectivity index (χ4v) is 1.41. The van der Waals surface area contributed by atoms with E-state index in [2.05, 4.69) is 10.5 Å². The van der Waals surface area contributed by atoms with Gasteiger partial charge in [0, 0.05) is 19.0 Å². The number of amides is 1. The number of nitrogens with one attached hydrogen (secondary N) is 1. The molecule has 0 fully saturated rings. The highest BCUT2D eigenvalue weighted by Gasteiger charge is 2.15. The van der Waals surface area contributed by atoms with Crippen LogP contribution < -0.4 is 5.32 Å². The molecule has 0 saturated heterocycles. The van der Waals surface area contributed by atoms with Crippen molar-refractivity contribution in [2.45, 2.75) is 26.7 Å². The lowest BCUT2D eigenvalue weighted by atomic mass is 10.0. The van der Waals surface area contributed by atoms with E-state index in [4.69, 9.17) is 9.63 Å². The minimum Gasteiger partial charge on any atom is -0.481 e. The maximum absolute atomic E-state index is 11.6. The average molecular weight is 240 g/mol. The van der Waals surface area contributed by atoms with Gasteiger partial charge in [-0.05, 0) is 12.8 Å². The summed E-state index contributed by atoms with van der Waals surface area (Å²) >= 11 is 0. The van der Waals surface area contributed by atoms with Crippen molar-refractivity contribution in [3.8, 4) is 0 Å². The van der Waals surface area contributed by atoms with Crippen LogP contribution in [0.3, 0.4) is 0 Å². The van der Waals surface area contributed by atoms with Gasteiger partial charge in [-0.3, -0.25) is 9.59 Å². The van der Waals surface area contributed by atoms with Gasteiger partial charge in [-0.25, -0.2) is 0 Å². The predicted molar refractivity (Wildman–Crippen MR) is 59.6 cm³/mol. The number of aliphatic carboxylic acids is 1. The van der Waals surface area contributed by atoms with Crippen LogP contribution in [0.1, 0.15) is 36.0 Å². The maximum atomic E-state index is 11.6. The normalized spacial score (nSPS) is 12.1. The molecule has 1 atom stereocenters. The molecule has 1 aromatic rings.